The van der Waals surface area contributed by atoms with Crippen LogP contribution >= 0.6 is 15.9 Å². The first-order chi connectivity index (χ1) is 9.88. The molecule has 5 nitrogen and oxygen atoms in total. The maximum atomic E-state index is 12.0. The minimum atomic E-state index is -0.583. The van der Waals surface area contributed by atoms with Gasteiger partial charge in [-0.15, -0.1) is 5.10 Å². The second kappa shape index (κ2) is 6.47. The lowest BCUT2D eigenvalue weighted by Gasteiger charge is -2.14. The minimum Gasteiger partial charge on any atom is -0.463 e. The van der Waals surface area contributed by atoms with Gasteiger partial charge in [0.1, 0.15) is 0 Å². The number of nitrogens with zero attached hydrogens (tertiary/aromatic N) is 2. The van der Waals surface area contributed by atoms with Gasteiger partial charge in [0.25, 0.3) is 5.91 Å². The minimum absolute atomic E-state index is 0.127. The molecule has 0 fully saturated rings. The zero-order valence-corrected chi connectivity index (χ0v) is 14.3. The number of aryl methyl sites for hydroxylation is 1. The summed E-state index contributed by atoms with van der Waals surface area (Å²) in [6.07, 6.45) is -0.583. The summed E-state index contributed by atoms with van der Waals surface area (Å²) < 4.78 is 8.43. The molecule has 1 amide bonds. The molecule has 1 aromatic heterocycles. The van der Waals surface area contributed by atoms with Crippen molar-refractivity contribution in [3.63, 3.8) is 0 Å². The Morgan fingerprint density at radius 1 is 1.43 bits per heavy atom. The fourth-order valence-electron chi connectivity index (χ4n) is 1.96. The van der Waals surface area contributed by atoms with Gasteiger partial charge in [-0.3, -0.25) is 9.48 Å². The van der Waals surface area contributed by atoms with Crippen LogP contribution in [0.5, 0.6) is 5.88 Å². The van der Waals surface area contributed by atoms with Crippen LogP contribution in [0.1, 0.15) is 20.8 Å². The lowest BCUT2D eigenvalue weighted by molar-refractivity contribution is -0.127. The number of carbonyl (C=O) groups is 1. The topological polar surface area (TPSA) is 56.1 Å². The standard InChI is InChI=1S/C15H20BrN3O2/c1-9(2)8-17-14(20)10(3)21-15-12-7-11(16)5-6-13(12)19(4)18-15/h5-7,9-10H,8H2,1-4H3,(H,17,20)/t10-/m1/s1. The highest BCUT2D eigenvalue weighted by atomic mass is 79.9. The van der Waals surface area contributed by atoms with E-state index in [0.29, 0.717) is 18.3 Å². The number of carbonyl (C=O) groups excluding carboxylic acids is 1. The van der Waals surface area contributed by atoms with E-state index in [0.717, 1.165) is 15.4 Å². The Morgan fingerprint density at radius 2 is 2.14 bits per heavy atom. The average molecular weight is 354 g/mol. The van der Waals surface area contributed by atoms with Gasteiger partial charge in [-0.1, -0.05) is 29.8 Å². The Morgan fingerprint density at radius 3 is 2.81 bits per heavy atom. The van der Waals surface area contributed by atoms with Crippen LogP contribution in [-0.2, 0) is 11.8 Å². The van der Waals surface area contributed by atoms with Crippen molar-refractivity contribution in [1.29, 1.82) is 0 Å². The second-order valence-electron chi connectivity index (χ2n) is 5.49. The smallest absolute Gasteiger partial charge is 0.260 e. The molecule has 0 unspecified atom stereocenters. The highest BCUT2D eigenvalue weighted by molar-refractivity contribution is 9.10. The Bertz CT molecular complexity index is 652. The van der Waals surface area contributed by atoms with Crippen LogP contribution in [0.2, 0.25) is 0 Å². The van der Waals surface area contributed by atoms with Gasteiger partial charge in [0, 0.05) is 18.1 Å². The summed E-state index contributed by atoms with van der Waals surface area (Å²) in [7, 11) is 1.85. The molecule has 0 saturated carbocycles. The van der Waals surface area contributed by atoms with E-state index in [2.05, 4.69) is 40.2 Å². The summed E-state index contributed by atoms with van der Waals surface area (Å²) in [5.41, 5.74) is 0.961. The predicted molar refractivity (Wildman–Crippen MR) is 86.4 cm³/mol. The van der Waals surface area contributed by atoms with E-state index in [1.807, 2.05) is 25.2 Å². The first kappa shape index (κ1) is 15.8. The lowest BCUT2D eigenvalue weighted by atomic mass is 10.2. The number of ether oxygens (including phenoxy) is 1. The molecule has 1 aromatic carbocycles. The number of hydrogen-bond donors (Lipinski definition) is 1. The quantitative estimate of drug-likeness (QED) is 0.898. The Hall–Kier alpha value is -1.56. The molecule has 0 aliphatic rings. The second-order valence-corrected chi connectivity index (χ2v) is 6.40. The highest BCUT2D eigenvalue weighted by Crippen LogP contribution is 2.28. The van der Waals surface area contributed by atoms with E-state index in [1.165, 1.54) is 0 Å². The van der Waals surface area contributed by atoms with Crippen molar-refractivity contribution in [3.05, 3.63) is 22.7 Å². The van der Waals surface area contributed by atoms with Crippen LogP contribution in [0, 0.1) is 5.92 Å². The Kier molecular flexibility index (Phi) is 4.88. The number of amides is 1. The predicted octanol–water partition coefficient (Wildman–Crippen LogP) is 2.88. The van der Waals surface area contributed by atoms with E-state index in [-0.39, 0.29) is 5.91 Å². The van der Waals surface area contributed by atoms with Gasteiger partial charge in [-0.2, -0.15) is 0 Å². The molecule has 2 aromatic rings. The number of fused-ring (bicyclic) bond motifs is 1. The monoisotopic (exact) mass is 353 g/mol. The first-order valence-electron chi connectivity index (χ1n) is 6.95. The zero-order valence-electron chi connectivity index (χ0n) is 12.7. The zero-order chi connectivity index (χ0) is 15.6. The summed E-state index contributed by atoms with van der Waals surface area (Å²) in [6, 6.07) is 5.85. The molecule has 1 heterocycles. The lowest BCUT2D eigenvalue weighted by Crippen LogP contribution is -2.38. The highest BCUT2D eigenvalue weighted by Gasteiger charge is 2.18. The molecule has 0 saturated heterocycles. The maximum Gasteiger partial charge on any atom is 0.260 e. The van der Waals surface area contributed by atoms with Crippen molar-refractivity contribution in [3.8, 4) is 5.88 Å². The molecule has 0 aliphatic carbocycles. The van der Waals surface area contributed by atoms with E-state index >= 15 is 0 Å². The normalized spacial score (nSPS) is 12.7. The third kappa shape index (κ3) is 3.75. The van der Waals surface area contributed by atoms with Crippen LogP contribution in [-0.4, -0.2) is 28.3 Å². The molecule has 0 radical (unpaired) electrons. The molecule has 6 heteroatoms. The molecular weight excluding hydrogens is 334 g/mol. The number of benzene rings is 1. The van der Waals surface area contributed by atoms with Gasteiger partial charge in [0.15, 0.2) is 6.10 Å². The summed E-state index contributed by atoms with van der Waals surface area (Å²) >= 11 is 3.44. The van der Waals surface area contributed by atoms with Crippen molar-refractivity contribution >= 4 is 32.7 Å². The third-order valence-corrected chi connectivity index (χ3v) is 3.61. The largest absolute Gasteiger partial charge is 0.463 e. The molecule has 1 atom stereocenters. The van der Waals surface area contributed by atoms with Gasteiger partial charge in [0.2, 0.25) is 5.88 Å². The molecule has 1 N–H and O–H groups in total. The molecule has 0 aliphatic heterocycles. The Balaban J connectivity index is 2.16. The maximum absolute atomic E-state index is 12.0. The van der Waals surface area contributed by atoms with Crippen molar-refractivity contribution < 1.29 is 9.53 Å². The van der Waals surface area contributed by atoms with Crippen LogP contribution in [0.3, 0.4) is 0 Å². The van der Waals surface area contributed by atoms with Gasteiger partial charge in [0.05, 0.1) is 10.9 Å². The van der Waals surface area contributed by atoms with Gasteiger partial charge in [-0.25, -0.2) is 0 Å². The number of aromatic nitrogens is 2. The van der Waals surface area contributed by atoms with E-state index in [9.17, 15) is 4.79 Å². The number of rotatable bonds is 5. The summed E-state index contributed by atoms with van der Waals surface area (Å²) in [4.78, 5) is 12.0. The van der Waals surface area contributed by atoms with Crippen molar-refractivity contribution in [2.45, 2.75) is 26.9 Å². The Labute approximate surface area is 132 Å². The fraction of sp³-hybridized carbons (Fsp3) is 0.467. The van der Waals surface area contributed by atoms with Crippen LogP contribution in [0.15, 0.2) is 22.7 Å². The summed E-state index contributed by atoms with van der Waals surface area (Å²) in [5.74, 6) is 0.756. The summed E-state index contributed by atoms with van der Waals surface area (Å²) in [5, 5.41) is 8.09. The fourth-order valence-corrected chi connectivity index (χ4v) is 2.32. The number of nitrogens with one attached hydrogen (secondary N) is 1. The van der Waals surface area contributed by atoms with Crippen LogP contribution < -0.4 is 10.1 Å². The summed E-state index contributed by atoms with van der Waals surface area (Å²) in [6.45, 7) is 6.47. The molecule has 0 spiro atoms. The van der Waals surface area contributed by atoms with E-state index in [1.54, 1.807) is 11.6 Å². The SMILES string of the molecule is CC(C)CNC(=O)[C@@H](C)Oc1nn(C)c2ccc(Br)cc12. The first-order valence-corrected chi connectivity index (χ1v) is 7.74. The van der Waals surface area contributed by atoms with Crippen molar-refractivity contribution in [2.75, 3.05) is 6.54 Å². The van der Waals surface area contributed by atoms with E-state index < -0.39 is 6.10 Å². The van der Waals surface area contributed by atoms with Gasteiger partial charge < -0.3 is 10.1 Å². The van der Waals surface area contributed by atoms with Crippen molar-refractivity contribution in [1.82, 2.24) is 15.1 Å². The number of halogens is 1. The average Bonchev–Trinajstić information content (AvgIpc) is 2.72. The third-order valence-electron chi connectivity index (χ3n) is 3.12. The molecule has 21 heavy (non-hydrogen) atoms. The number of hydrogen-bond acceptors (Lipinski definition) is 3. The van der Waals surface area contributed by atoms with Crippen LogP contribution in [0.4, 0.5) is 0 Å². The van der Waals surface area contributed by atoms with E-state index in [4.69, 9.17) is 4.74 Å². The molecule has 114 valence electrons. The molecular formula is C15H20BrN3O2. The van der Waals surface area contributed by atoms with Crippen molar-refractivity contribution in [2.24, 2.45) is 13.0 Å². The van der Waals surface area contributed by atoms with Gasteiger partial charge >= 0.3 is 0 Å². The van der Waals surface area contributed by atoms with Crippen LogP contribution in [0.25, 0.3) is 10.9 Å². The van der Waals surface area contributed by atoms with Gasteiger partial charge in [-0.05, 0) is 31.0 Å². The molecule has 0 bridgehead atoms. The molecule has 2 rings (SSSR count).